The van der Waals surface area contributed by atoms with Crippen LogP contribution in [0.15, 0.2) is 12.7 Å². The maximum atomic E-state index is 11.7. The van der Waals surface area contributed by atoms with Crippen LogP contribution in [0, 0.1) is 0 Å². The summed E-state index contributed by atoms with van der Waals surface area (Å²) in [7, 11) is 3.48. The molecule has 5 heteroatoms. The molecular formula is C11H19N3O2. The summed E-state index contributed by atoms with van der Waals surface area (Å²) in [6, 6.07) is -0.0601. The summed E-state index contributed by atoms with van der Waals surface area (Å²) in [5.74, 6) is 0.143. The lowest BCUT2D eigenvalue weighted by Crippen LogP contribution is -2.51. The second kappa shape index (κ2) is 5.53. The molecule has 0 radical (unpaired) electrons. The molecule has 1 heterocycles. The van der Waals surface area contributed by atoms with Crippen molar-refractivity contribution >= 4 is 11.9 Å². The molecule has 0 saturated carbocycles. The van der Waals surface area contributed by atoms with E-state index in [1.165, 1.54) is 0 Å². The molecule has 0 aromatic heterocycles. The van der Waals surface area contributed by atoms with Crippen molar-refractivity contribution in [1.29, 1.82) is 0 Å². The van der Waals surface area contributed by atoms with Crippen molar-refractivity contribution in [2.45, 2.75) is 18.9 Å². The van der Waals surface area contributed by atoms with Crippen LogP contribution < -0.4 is 5.32 Å². The van der Waals surface area contributed by atoms with Crippen molar-refractivity contribution in [2.24, 2.45) is 0 Å². The van der Waals surface area contributed by atoms with E-state index in [2.05, 4.69) is 11.9 Å². The summed E-state index contributed by atoms with van der Waals surface area (Å²) in [5, 5.41) is 2.90. The van der Waals surface area contributed by atoms with Gasteiger partial charge in [0.05, 0.1) is 0 Å². The van der Waals surface area contributed by atoms with Gasteiger partial charge in [0, 0.05) is 39.6 Å². The summed E-state index contributed by atoms with van der Waals surface area (Å²) in [6.07, 6.45) is 2.90. The van der Waals surface area contributed by atoms with E-state index in [0.29, 0.717) is 19.5 Å². The number of nitrogens with zero attached hydrogens (tertiary/aromatic N) is 2. The van der Waals surface area contributed by atoms with Crippen molar-refractivity contribution in [3.8, 4) is 0 Å². The Morgan fingerprint density at radius 3 is 3.00 bits per heavy atom. The van der Waals surface area contributed by atoms with Crippen LogP contribution in [0.5, 0.6) is 0 Å². The highest BCUT2D eigenvalue weighted by atomic mass is 16.2. The van der Waals surface area contributed by atoms with Crippen molar-refractivity contribution in [1.82, 2.24) is 15.1 Å². The first-order valence-electron chi connectivity index (χ1n) is 5.41. The van der Waals surface area contributed by atoms with Crippen molar-refractivity contribution < 1.29 is 9.59 Å². The van der Waals surface area contributed by atoms with E-state index in [4.69, 9.17) is 0 Å². The molecule has 0 unspecified atom stereocenters. The molecule has 3 amide bonds. The van der Waals surface area contributed by atoms with Gasteiger partial charge in [0.1, 0.15) is 0 Å². The first-order chi connectivity index (χ1) is 7.54. The normalized spacial score (nSPS) is 20.5. The maximum absolute atomic E-state index is 11.7. The second-order valence-corrected chi connectivity index (χ2v) is 4.13. The number of amides is 3. The van der Waals surface area contributed by atoms with E-state index >= 15 is 0 Å². The monoisotopic (exact) mass is 225 g/mol. The Bertz CT molecular complexity index is 291. The molecule has 0 aliphatic carbocycles. The molecule has 5 nitrogen and oxygen atoms in total. The van der Waals surface area contributed by atoms with Crippen molar-refractivity contribution in [3.05, 3.63) is 12.7 Å². The highest BCUT2D eigenvalue weighted by Gasteiger charge is 2.24. The minimum Gasteiger partial charge on any atom is -0.344 e. The molecule has 1 N–H and O–H groups in total. The molecule has 1 atom stereocenters. The van der Waals surface area contributed by atoms with E-state index in [1.807, 2.05) is 0 Å². The van der Waals surface area contributed by atoms with Gasteiger partial charge < -0.3 is 15.1 Å². The lowest BCUT2D eigenvalue weighted by molar-refractivity contribution is -0.132. The summed E-state index contributed by atoms with van der Waals surface area (Å²) < 4.78 is 0. The number of carbonyl (C=O) groups is 2. The van der Waals surface area contributed by atoms with Crippen LogP contribution in [0.2, 0.25) is 0 Å². The largest absolute Gasteiger partial charge is 0.344 e. The van der Waals surface area contributed by atoms with Gasteiger partial charge in [-0.15, -0.1) is 6.58 Å². The number of nitrogens with one attached hydrogen (secondary N) is 1. The number of hydrogen-bond acceptors (Lipinski definition) is 2. The summed E-state index contributed by atoms with van der Waals surface area (Å²) in [5.41, 5.74) is 0. The second-order valence-electron chi connectivity index (χ2n) is 4.13. The Kier molecular flexibility index (Phi) is 4.34. The van der Waals surface area contributed by atoms with E-state index in [-0.39, 0.29) is 18.0 Å². The van der Waals surface area contributed by atoms with Gasteiger partial charge in [-0.05, 0) is 6.42 Å². The minimum absolute atomic E-state index is 0.0578. The smallest absolute Gasteiger partial charge is 0.317 e. The zero-order valence-electron chi connectivity index (χ0n) is 9.90. The van der Waals surface area contributed by atoms with Crippen molar-refractivity contribution in [3.63, 3.8) is 0 Å². The predicted molar refractivity (Wildman–Crippen MR) is 62.0 cm³/mol. The van der Waals surface area contributed by atoms with Gasteiger partial charge in [0.25, 0.3) is 0 Å². The maximum Gasteiger partial charge on any atom is 0.317 e. The Morgan fingerprint density at radius 1 is 1.75 bits per heavy atom. The number of rotatable bonds is 3. The molecule has 0 aromatic rings. The zero-order valence-corrected chi connectivity index (χ0v) is 9.90. The fraction of sp³-hybridized carbons (Fsp3) is 0.636. The number of urea groups is 1. The Morgan fingerprint density at radius 2 is 2.44 bits per heavy atom. The first kappa shape index (κ1) is 12.5. The Labute approximate surface area is 96.1 Å². The van der Waals surface area contributed by atoms with Gasteiger partial charge in [0.15, 0.2) is 0 Å². The van der Waals surface area contributed by atoms with Gasteiger partial charge in [-0.2, -0.15) is 0 Å². The number of piperidine rings is 1. The quantitative estimate of drug-likeness (QED) is 0.708. The third kappa shape index (κ3) is 3.25. The topological polar surface area (TPSA) is 52.7 Å². The number of likely N-dealkylation sites (N-methyl/N-ethyl adjacent to an activating group) is 2. The van der Waals surface area contributed by atoms with Crippen LogP contribution in [0.1, 0.15) is 12.8 Å². The molecule has 0 aromatic carbocycles. The summed E-state index contributed by atoms with van der Waals surface area (Å²) >= 11 is 0. The molecule has 0 bridgehead atoms. The fourth-order valence-corrected chi connectivity index (χ4v) is 1.69. The van der Waals surface area contributed by atoms with Crippen LogP contribution in [0.4, 0.5) is 4.79 Å². The van der Waals surface area contributed by atoms with Gasteiger partial charge in [-0.3, -0.25) is 4.79 Å². The van der Waals surface area contributed by atoms with E-state index < -0.39 is 0 Å². The summed E-state index contributed by atoms with van der Waals surface area (Å²) in [4.78, 5) is 26.1. The number of likely N-dealkylation sites (tertiary alicyclic amines) is 1. The fourth-order valence-electron chi connectivity index (χ4n) is 1.69. The highest BCUT2D eigenvalue weighted by Crippen LogP contribution is 2.09. The van der Waals surface area contributed by atoms with Gasteiger partial charge in [-0.25, -0.2) is 4.79 Å². The molecule has 0 spiro atoms. The molecule has 1 fully saturated rings. The van der Waals surface area contributed by atoms with Gasteiger partial charge >= 0.3 is 6.03 Å². The molecular weight excluding hydrogens is 206 g/mol. The average molecular weight is 225 g/mol. The predicted octanol–water partition coefficient (Wildman–Crippen LogP) is 0.435. The van der Waals surface area contributed by atoms with E-state index in [1.54, 1.807) is 30.0 Å². The van der Waals surface area contributed by atoms with Crippen LogP contribution in [-0.2, 0) is 4.79 Å². The average Bonchev–Trinajstić information content (AvgIpc) is 2.24. The third-order valence-corrected chi connectivity index (χ3v) is 2.70. The number of hydrogen-bond donors (Lipinski definition) is 1. The van der Waals surface area contributed by atoms with Crippen LogP contribution in [0.3, 0.4) is 0 Å². The van der Waals surface area contributed by atoms with Gasteiger partial charge in [0.2, 0.25) is 5.91 Å². The molecule has 1 aliphatic rings. The molecule has 90 valence electrons. The lowest BCUT2D eigenvalue weighted by Gasteiger charge is -2.31. The molecule has 1 rings (SSSR count). The standard InChI is InChI=1S/C11H19N3O2/c1-4-7-13(2)11(16)12-9-5-6-10(15)14(3)8-9/h4,9H,1,5-8H2,2-3H3,(H,12,16)/t9-/m1/s1. The lowest BCUT2D eigenvalue weighted by atomic mass is 10.1. The zero-order chi connectivity index (χ0) is 12.1. The van der Waals surface area contributed by atoms with E-state index in [9.17, 15) is 9.59 Å². The van der Waals surface area contributed by atoms with Gasteiger partial charge in [-0.1, -0.05) is 6.08 Å². The van der Waals surface area contributed by atoms with E-state index in [0.717, 1.165) is 6.42 Å². The molecule has 16 heavy (non-hydrogen) atoms. The van der Waals surface area contributed by atoms with Crippen LogP contribution >= 0.6 is 0 Å². The molecule has 1 aliphatic heterocycles. The van der Waals surface area contributed by atoms with Crippen LogP contribution in [-0.4, -0.2) is 55.0 Å². The minimum atomic E-state index is -0.118. The molecule has 1 saturated heterocycles. The Hall–Kier alpha value is -1.52. The highest BCUT2D eigenvalue weighted by molar-refractivity contribution is 5.78. The Balaban J connectivity index is 2.40. The van der Waals surface area contributed by atoms with Crippen molar-refractivity contribution in [2.75, 3.05) is 27.2 Å². The van der Waals surface area contributed by atoms with Crippen LogP contribution in [0.25, 0.3) is 0 Å². The summed E-state index contributed by atoms with van der Waals surface area (Å²) in [6.45, 7) is 4.69. The SMILES string of the molecule is C=CCN(C)C(=O)N[C@@H]1CCC(=O)N(C)C1. The first-order valence-corrected chi connectivity index (χ1v) is 5.41. The number of carbonyl (C=O) groups excluding carboxylic acids is 2. The third-order valence-electron chi connectivity index (χ3n) is 2.70.